The largest absolute Gasteiger partial charge is 0.508 e. The molecule has 46 heavy (non-hydrogen) atoms. The zero-order valence-corrected chi connectivity index (χ0v) is 27.0. The molecule has 0 radical (unpaired) electrons. The maximum absolute atomic E-state index is 13.8. The van der Waals surface area contributed by atoms with Crippen LogP contribution in [-0.2, 0) is 23.9 Å². The van der Waals surface area contributed by atoms with E-state index in [0.29, 0.717) is 16.9 Å². The highest BCUT2D eigenvalue weighted by Crippen LogP contribution is 2.42. The minimum absolute atomic E-state index is 0.00896. The van der Waals surface area contributed by atoms with Gasteiger partial charge in [0.25, 0.3) is 5.91 Å². The summed E-state index contributed by atoms with van der Waals surface area (Å²) >= 11 is 7.61. The first-order valence-electron chi connectivity index (χ1n) is 14.6. The highest BCUT2D eigenvalue weighted by molar-refractivity contribution is 8.00. The van der Waals surface area contributed by atoms with Gasteiger partial charge in [-0.3, -0.25) is 14.5 Å². The summed E-state index contributed by atoms with van der Waals surface area (Å²) in [6.07, 6.45) is -1.57. The number of phenolic OH excluding ortho intramolecular Hbond substituents is 1. The number of alkyl halides is 1. The molecule has 3 aromatic rings. The normalized spacial score (nSPS) is 18.3. The molecule has 2 heterocycles. The summed E-state index contributed by atoms with van der Waals surface area (Å²) in [5.41, 5.74) is 1.67. The number of esters is 1. The molecule has 2 aliphatic rings. The van der Waals surface area contributed by atoms with Crippen molar-refractivity contribution in [2.45, 2.75) is 49.9 Å². The molecule has 0 aliphatic carbocycles. The van der Waals surface area contributed by atoms with Crippen molar-refractivity contribution in [3.05, 3.63) is 113 Å². The molecular formula is C34H34ClN3O7S. The van der Waals surface area contributed by atoms with Gasteiger partial charge in [-0.2, -0.15) is 0 Å². The second-order valence-electron chi connectivity index (χ2n) is 11.8. The summed E-state index contributed by atoms with van der Waals surface area (Å²) in [6.45, 7) is 5.08. The zero-order valence-electron chi connectivity index (χ0n) is 25.4. The number of thioether (sulfide) groups is 1. The molecule has 3 N–H and O–H groups in total. The highest BCUT2D eigenvalue weighted by atomic mass is 35.5. The number of hydrogen-bond donors (Lipinski definition) is 3. The van der Waals surface area contributed by atoms with Crippen molar-refractivity contribution in [3.8, 4) is 5.75 Å². The van der Waals surface area contributed by atoms with Crippen LogP contribution in [0.3, 0.4) is 0 Å². The number of β-lactam (4-membered cyclic amide) rings is 1. The Morgan fingerprint density at radius 2 is 1.54 bits per heavy atom. The number of nitrogens with one attached hydrogen (secondary N) is 2. The fourth-order valence-electron chi connectivity index (χ4n) is 5.15. The number of fused-ring (bicyclic) bond motifs is 1. The van der Waals surface area contributed by atoms with Crippen LogP contribution in [0.4, 0.5) is 4.79 Å². The Kier molecular flexibility index (Phi) is 9.93. The molecule has 3 atom stereocenters. The van der Waals surface area contributed by atoms with Gasteiger partial charge in [0.05, 0.1) is 0 Å². The predicted octanol–water partition coefficient (Wildman–Crippen LogP) is 5.18. The van der Waals surface area contributed by atoms with Crippen LogP contribution in [-0.4, -0.2) is 62.5 Å². The lowest BCUT2D eigenvalue weighted by atomic mass is 10.00. The van der Waals surface area contributed by atoms with E-state index in [0.717, 1.165) is 11.1 Å². The molecule has 0 aromatic heterocycles. The molecule has 0 unspecified atom stereocenters. The second-order valence-corrected chi connectivity index (χ2v) is 13.1. The van der Waals surface area contributed by atoms with Crippen molar-refractivity contribution >= 4 is 47.2 Å². The van der Waals surface area contributed by atoms with E-state index in [-0.39, 0.29) is 17.3 Å². The van der Waals surface area contributed by atoms with Gasteiger partial charge >= 0.3 is 12.1 Å². The van der Waals surface area contributed by atoms with E-state index in [1.54, 1.807) is 20.8 Å². The van der Waals surface area contributed by atoms with Gasteiger partial charge in [0.1, 0.15) is 34.5 Å². The van der Waals surface area contributed by atoms with E-state index >= 15 is 0 Å². The highest BCUT2D eigenvalue weighted by Gasteiger charge is 2.55. The predicted molar refractivity (Wildman–Crippen MR) is 174 cm³/mol. The summed E-state index contributed by atoms with van der Waals surface area (Å²) < 4.78 is 11.4. The van der Waals surface area contributed by atoms with Crippen molar-refractivity contribution in [1.82, 2.24) is 15.5 Å². The lowest BCUT2D eigenvalue weighted by Crippen LogP contribution is -2.71. The molecular weight excluding hydrogens is 630 g/mol. The molecule has 3 amide bonds. The number of amides is 3. The maximum atomic E-state index is 13.8. The fraction of sp³-hybridized carbons (Fsp3) is 0.294. The molecule has 0 spiro atoms. The van der Waals surface area contributed by atoms with E-state index in [4.69, 9.17) is 21.1 Å². The Morgan fingerprint density at radius 3 is 2.09 bits per heavy atom. The molecule has 2 aliphatic heterocycles. The molecule has 10 nitrogen and oxygen atoms in total. The summed E-state index contributed by atoms with van der Waals surface area (Å²) in [7, 11) is 0. The van der Waals surface area contributed by atoms with Crippen LogP contribution in [0.1, 0.15) is 49.6 Å². The molecule has 0 bridgehead atoms. The minimum Gasteiger partial charge on any atom is -0.508 e. The monoisotopic (exact) mass is 663 g/mol. The van der Waals surface area contributed by atoms with Gasteiger partial charge in [0.15, 0.2) is 6.10 Å². The van der Waals surface area contributed by atoms with E-state index < -0.39 is 53.0 Å². The number of alkyl carbamates (subject to hydrolysis) is 1. The lowest BCUT2D eigenvalue weighted by molar-refractivity contribution is -0.154. The third-order valence-electron chi connectivity index (χ3n) is 7.28. The fourth-order valence-corrected chi connectivity index (χ4v) is 6.83. The Bertz CT molecular complexity index is 1590. The Morgan fingerprint density at radius 1 is 0.957 bits per heavy atom. The lowest BCUT2D eigenvalue weighted by Gasteiger charge is -2.50. The van der Waals surface area contributed by atoms with Gasteiger partial charge < -0.3 is 25.2 Å². The molecule has 0 saturated carbocycles. The number of halogens is 1. The Hall–Kier alpha value is -4.48. The van der Waals surface area contributed by atoms with Crippen LogP contribution in [0.5, 0.6) is 5.75 Å². The van der Waals surface area contributed by atoms with Crippen molar-refractivity contribution in [1.29, 1.82) is 0 Å². The Balaban J connectivity index is 1.36. The molecule has 12 heteroatoms. The van der Waals surface area contributed by atoms with E-state index in [9.17, 15) is 24.3 Å². The van der Waals surface area contributed by atoms with Gasteiger partial charge in [-0.15, -0.1) is 23.4 Å². The van der Waals surface area contributed by atoms with Crippen LogP contribution in [0.25, 0.3) is 0 Å². The van der Waals surface area contributed by atoms with Crippen molar-refractivity contribution in [3.63, 3.8) is 0 Å². The first-order chi connectivity index (χ1) is 22.0. The first kappa shape index (κ1) is 32.9. The van der Waals surface area contributed by atoms with Crippen LogP contribution in [0, 0.1) is 0 Å². The molecule has 1 saturated heterocycles. The molecule has 1 fully saturated rings. The number of benzene rings is 3. The second kappa shape index (κ2) is 13.9. The quantitative estimate of drug-likeness (QED) is 0.162. The number of hydrogen-bond acceptors (Lipinski definition) is 8. The van der Waals surface area contributed by atoms with Gasteiger partial charge in [-0.05, 0) is 55.2 Å². The molecule has 240 valence electrons. The van der Waals surface area contributed by atoms with E-state index in [2.05, 4.69) is 10.6 Å². The zero-order chi connectivity index (χ0) is 33.0. The van der Waals surface area contributed by atoms with Crippen LogP contribution < -0.4 is 10.6 Å². The van der Waals surface area contributed by atoms with Crippen molar-refractivity contribution in [2.24, 2.45) is 0 Å². The number of ether oxygens (including phenoxy) is 2. The number of nitrogens with zero attached hydrogens (tertiary/aromatic N) is 1. The van der Waals surface area contributed by atoms with E-state index in [1.165, 1.54) is 40.9 Å². The van der Waals surface area contributed by atoms with Gasteiger partial charge in [-0.1, -0.05) is 72.8 Å². The van der Waals surface area contributed by atoms with E-state index in [1.807, 2.05) is 60.7 Å². The molecule has 5 rings (SSSR count). The number of phenols is 1. The maximum Gasteiger partial charge on any atom is 0.408 e. The van der Waals surface area contributed by atoms with Gasteiger partial charge in [0.2, 0.25) is 5.91 Å². The Labute approximate surface area is 276 Å². The smallest absolute Gasteiger partial charge is 0.408 e. The van der Waals surface area contributed by atoms with Crippen LogP contribution in [0.15, 0.2) is 96.2 Å². The number of carbonyl (C=O) groups is 4. The van der Waals surface area contributed by atoms with Gasteiger partial charge in [0, 0.05) is 11.6 Å². The minimum atomic E-state index is -1.23. The third kappa shape index (κ3) is 7.32. The average molecular weight is 664 g/mol. The topological polar surface area (TPSA) is 134 Å². The van der Waals surface area contributed by atoms with Crippen LogP contribution in [0.2, 0.25) is 0 Å². The van der Waals surface area contributed by atoms with Crippen LogP contribution >= 0.6 is 23.4 Å². The summed E-state index contributed by atoms with van der Waals surface area (Å²) in [4.78, 5) is 55.0. The average Bonchev–Trinajstić information content (AvgIpc) is 3.04. The number of carbonyl (C=O) groups excluding carboxylic acids is 4. The summed E-state index contributed by atoms with van der Waals surface area (Å²) in [6, 6.07) is 22.1. The summed E-state index contributed by atoms with van der Waals surface area (Å²) in [5, 5.41) is 14.4. The summed E-state index contributed by atoms with van der Waals surface area (Å²) in [5.74, 6) is -1.56. The standard InChI is InChI=1S/C34H34ClN3O7S/c1-34(2,3)45-33(43)37-25(20-14-16-24(39)17-15-20)29(40)36-26-30(41)38-27(23(18-35)19-46-31(26)38)32(42)44-28(21-10-6-4-7-11-21)22-12-8-5-9-13-22/h4-17,25-26,28,31,39H,18-19H2,1-3H3,(H,36,40)(H,37,43)/t25-,26-,31-/m1/s1. The van der Waals surface area contributed by atoms with Crippen molar-refractivity contribution in [2.75, 3.05) is 11.6 Å². The number of aromatic hydroxyl groups is 1. The third-order valence-corrected chi connectivity index (χ3v) is 8.94. The number of rotatable bonds is 9. The SMILES string of the molecule is CC(C)(C)OC(=O)N[C@@H](C(=O)N[C@@H]1C(=O)N2C(C(=O)OC(c3ccccc3)c3ccccc3)=C(CCl)CS[C@H]12)c1ccc(O)cc1. The molecule has 3 aromatic carbocycles. The van der Waals surface area contributed by atoms with Crippen molar-refractivity contribution < 1.29 is 33.8 Å². The first-order valence-corrected chi connectivity index (χ1v) is 16.2. The van der Waals surface area contributed by atoms with Gasteiger partial charge in [-0.25, -0.2) is 9.59 Å².